The third kappa shape index (κ3) is 1.97. The molecule has 0 atom stereocenters. The maximum Gasteiger partial charge on any atom is 0.231 e. The van der Waals surface area contributed by atoms with Gasteiger partial charge in [-0.25, -0.2) is 0 Å². The molecule has 3 rings (SSSR count). The van der Waals surface area contributed by atoms with Crippen LogP contribution in [0.2, 0.25) is 0 Å². The number of thiophene rings is 1. The first kappa shape index (κ1) is 10.2. The van der Waals surface area contributed by atoms with Crippen LogP contribution in [0.4, 0.5) is 0 Å². The highest BCUT2D eigenvalue weighted by Crippen LogP contribution is 2.37. The maximum atomic E-state index is 10.5. The van der Waals surface area contributed by atoms with Gasteiger partial charge >= 0.3 is 0 Å². The molecule has 0 fully saturated rings. The van der Waals surface area contributed by atoms with Crippen LogP contribution < -0.4 is 14.2 Å². The first-order valence-electron chi connectivity index (χ1n) is 4.96. The quantitative estimate of drug-likeness (QED) is 0.783. The summed E-state index contributed by atoms with van der Waals surface area (Å²) in [6.45, 7) is 0.243. The van der Waals surface area contributed by atoms with E-state index >= 15 is 0 Å². The zero-order valence-electron chi connectivity index (χ0n) is 8.71. The Morgan fingerprint density at radius 1 is 1.18 bits per heavy atom. The van der Waals surface area contributed by atoms with Gasteiger partial charge in [-0.1, -0.05) is 0 Å². The Morgan fingerprint density at radius 2 is 2.06 bits per heavy atom. The van der Waals surface area contributed by atoms with Gasteiger partial charge in [-0.2, -0.15) is 0 Å². The monoisotopic (exact) mass is 248 g/mol. The van der Waals surface area contributed by atoms with E-state index in [-0.39, 0.29) is 6.79 Å². The second-order valence-corrected chi connectivity index (χ2v) is 4.36. The zero-order chi connectivity index (χ0) is 11.7. The van der Waals surface area contributed by atoms with Crippen molar-refractivity contribution in [1.82, 2.24) is 0 Å². The third-order valence-corrected chi connectivity index (χ3v) is 3.13. The predicted octanol–water partition coefficient (Wildman–Crippen LogP) is 3.08. The summed E-state index contributed by atoms with van der Waals surface area (Å²) < 4.78 is 16.1. The molecule has 0 aliphatic carbocycles. The van der Waals surface area contributed by atoms with Crippen molar-refractivity contribution in [2.75, 3.05) is 6.79 Å². The smallest absolute Gasteiger partial charge is 0.231 e. The highest BCUT2D eigenvalue weighted by Gasteiger charge is 2.14. The molecule has 17 heavy (non-hydrogen) atoms. The van der Waals surface area contributed by atoms with Crippen LogP contribution in [-0.4, -0.2) is 13.1 Å². The summed E-state index contributed by atoms with van der Waals surface area (Å²) >= 11 is 1.35. The number of aldehydes is 1. The lowest BCUT2D eigenvalue weighted by molar-refractivity contribution is 0.112. The lowest BCUT2D eigenvalue weighted by Crippen LogP contribution is -1.92. The van der Waals surface area contributed by atoms with Crippen molar-refractivity contribution in [1.29, 1.82) is 0 Å². The van der Waals surface area contributed by atoms with E-state index in [0.717, 1.165) is 12.0 Å². The molecule has 0 saturated carbocycles. The van der Waals surface area contributed by atoms with Gasteiger partial charge in [0.25, 0.3) is 0 Å². The molecule has 1 aromatic heterocycles. The fourth-order valence-electron chi connectivity index (χ4n) is 1.53. The molecule has 2 heterocycles. The normalized spacial score (nSPS) is 12.5. The molecule has 1 aliphatic rings. The van der Waals surface area contributed by atoms with Gasteiger partial charge < -0.3 is 14.2 Å². The summed E-state index contributed by atoms with van der Waals surface area (Å²) in [6.07, 6.45) is 0.803. The standard InChI is InChI=1S/C12H8O4S/c13-5-10-3-9(6-17-10)16-8-1-2-11-12(4-8)15-7-14-11/h1-6H,7H2. The van der Waals surface area contributed by atoms with E-state index in [4.69, 9.17) is 14.2 Å². The van der Waals surface area contributed by atoms with Crippen LogP contribution in [0.15, 0.2) is 29.6 Å². The van der Waals surface area contributed by atoms with Crippen molar-refractivity contribution >= 4 is 17.6 Å². The summed E-state index contributed by atoms with van der Waals surface area (Å²) in [4.78, 5) is 11.2. The van der Waals surface area contributed by atoms with E-state index in [1.54, 1.807) is 29.6 Å². The van der Waals surface area contributed by atoms with Crippen molar-refractivity contribution in [3.63, 3.8) is 0 Å². The van der Waals surface area contributed by atoms with Gasteiger partial charge in [0.2, 0.25) is 6.79 Å². The van der Waals surface area contributed by atoms with Crippen LogP contribution in [0.3, 0.4) is 0 Å². The molecule has 86 valence electrons. The van der Waals surface area contributed by atoms with Crippen molar-refractivity contribution in [2.24, 2.45) is 0 Å². The molecule has 0 radical (unpaired) electrons. The van der Waals surface area contributed by atoms with Crippen molar-refractivity contribution in [3.05, 3.63) is 34.5 Å². The van der Waals surface area contributed by atoms with Gasteiger partial charge in [0.1, 0.15) is 11.5 Å². The van der Waals surface area contributed by atoms with Crippen molar-refractivity contribution in [2.45, 2.75) is 0 Å². The molecule has 0 spiro atoms. The third-order valence-electron chi connectivity index (χ3n) is 2.29. The topological polar surface area (TPSA) is 44.8 Å². The fraction of sp³-hybridized carbons (Fsp3) is 0.0833. The Hall–Kier alpha value is -2.01. The lowest BCUT2D eigenvalue weighted by atomic mass is 10.3. The number of fused-ring (bicyclic) bond motifs is 1. The minimum atomic E-state index is 0.243. The summed E-state index contributed by atoms with van der Waals surface area (Å²) in [5.41, 5.74) is 0. The number of hydrogen-bond acceptors (Lipinski definition) is 5. The van der Waals surface area contributed by atoms with Crippen LogP contribution in [0.1, 0.15) is 9.67 Å². The summed E-state index contributed by atoms with van der Waals surface area (Å²) in [6, 6.07) is 7.05. The van der Waals surface area contributed by atoms with Crippen LogP contribution in [0, 0.1) is 0 Å². The van der Waals surface area contributed by atoms with Crippen LogP contribution in [0.5, 0.6) is 23.0 Å². The van der Waals surface area contributed by atoms with Gasteiger partial charge in [-0.3, -0.25) is 4.79 Å². The second-order valence-electron chi connectivity index (χ2n) is 3.42. The largest absolute Gasteiger partial charge is 0.456 e. The fourth-order valence-corrected chi connectivity index (χ4v) is 2.13. The van der Waals surface area contributed by atoms with Gasteiger partial charge in [-0.05, 0) is 12.1 Å². The molecule has 0 saturated heterocycles. The van der Waals surface area contributed by atoms with E-state index in [2.05, 4.69) is 0 Å². The van der Waals surface area contributed by atoms with Crippen molar-refractivity contribution < 1.29 is 19.0 Å². The molecule has 2 aromatic rings. The molecular weight excluding hydrogens is 240 g/mol. The molecule has 0 bridgehead atoms. The summed E-state index contributed by atoms with van der Waals surface area (Å²) in [5, 5.41) is 1.79. The molecule has 0 N–H and O–H groups in total. The highest BCUT2D eigenvalue weighted by molar-refractivity contribution is 7.11. The molecule has 0 unspecified atom stereocenters. The minimum Gasteiger partial charge on any atom is -0.456 e. The van der Waals surface area contributed by atoms with E-state index in [0.29, 0.717) is 22.1 Å². The van der Waals surface area contributed by atoms with E-state index in [1.807, 2.05) is 0 Å². The average Bonchev–Trinajstić information content (AvgIpc) is 2.96. The van der Waals surface area contributed by atoms with Gasteiger partial charge in [-0.15, -0.1) is 11.3 Å². The number of carbonyl (C=O) groups is 1. The average molecular weight is 248 g/mol. The number of hydrogen-bond donors (Lipinski definition) is 0. The number of ether oxygens (including phenoxy) is 3. The Kier molecular flexibility index (Phi) is 2.45. The molecule has 1 aliphatic heterocycles. The Morgan fingerprint density at radius 3 is 2.88 bits per heavy atom. The molecular formula is C12H8O4S. The summed E-state index contributed by atoms with van der Waals surface area (Å²) in [7, 11) is 0. The molecule has 5 heteroatoms. The number of carbonyl (C=O) groups excluding carboxylic acids is 1. The van der Waals surface area contributed by atoms with Gasteiger partial charge in [0, 0.05) is 17.5 Å². The van der Waals surface area contributed by atoms with Crippen molar-refractivity contribution in [3.8, 4) is 23.0 Å². The number of rotatable bonds is 3. The Balaban J connectivity index is 1.83. The van der Waals surface area contributed by atoms with Gasteiger partial charge in [0.15, 0.2) is 17.8 Å². The second kappa shape index (κ2) is 4.10. The van der Waals surface area contributed by atoms with E-state index in [1.165, 1.54) is 11.3 Å². The van der Waals surface area contributed by atoms with Crippen LogP contribution in [-0.2, 0) is 0 Å². The number of benzene rings is 1. The van der Waals surface area contributed by atoms with E-state index in [9.17, 15) is 4.79 Å². The SMILES string of the molecule is O=Cc1cc(Oc2ccc3c(c2)OCO3)cs1. The maximum absolute atomic E-state index is 10.5. The molecule has 1 aromatic carbocycles. The zero-order valence-corrected chi connectivity index (χ0v) is 9.53. The summed E-state index contributed by atoms with van der Waals surface area (Å²) in [5.74, 6) is 2.70. The molecule has 0 amide bonds. The predicted molar refractivity (Wildman–Crippen MR) is 62.3 cm³/mol. The van der Waals surface area contributed by atoms with E-state index < -0.39 is 0 Å². The minimum absolute atomic E-state index is 0.243. The first-order chi connectivity index (χ1) is 8.35. The Bertz CT molecular complexity index is 561. The van der Waals surface area contributed by atoms with Crippen LogP contribution >= 0.6 is 11.3 Å². The van der Waals surface area contributed by atoms with Gasteiger partial charge in [0.05, 0.1) is 4.88 Å². The highest BCUT2D eigenvalue weighted by atomic mass is 32.1. The lowest BCUT2D eigenvalue weighted by Gasteiger charge is -2.03. The first-order valence-corrected chi connectivity index (χ1v) is 5.84. The Labute approximate surface area is 101 Å². The molecule has 4 nitrogen and oxygen atoms in total. The van der Waals surface area contributed by atoms with Crippen LogP contribution in [0.25, 0.3) is 0 Å².